The van der Waals surface area contributed by atoms with Gasteiger partial charge in [0.2, 0.25) is 24.0 Å². The number of amides is 3. The predicted molar refractivity (Wildman–Crippen MR) is 95.9 cm³/mol. The molecular formula is C19H22N3O6. The van der Waals surface area contributed by atoms with Crippen molar-refractivity contribution >= 4 is 23.7 Å². The average molecular weight is 388 g/mol. The zero-order valence-electron chi connectivity index (χ0n) is 15.2. The summed E-state index contributed by atoms with van der Waals surface area (Å²) in [6.07, 6.45) is 0.935. The standard InChI is InChI=1S/C19H22N3O6/c20-15(23)10-16(24)22-8-4-7-14(22)18(26)21-13-9-17(25)28-19(13)27-11-12-5-2-1-3-6-12/h1-3,5-6,10,13-14,19H,4,7-9,11H2,(H2,20,23)(H,21,26). The molecule has 28 heavy (non-hydrogen) atoms. The second-order valence-electron chi connectivity index (χ2n) is 6.71. The van der Waals surface area contributed by atoms with Crippen LogP contribution in [0, 0.1) is 6.42 Å². The van der Waals surface area contributed by atoms with Gasteiger partial charge in [-0.1, -0.05) is 30.3 Å². The molecule has 3 atom stereocenters. The van der Waals surface area contributed by atoms with E-state index in [-0.39, 0.29) is 13.0 Å². The van der Waals surface area contributed by atoms with Crippen LogP contribution >= 0.6 is 0 Å². The summed E-state index contributed by atoms with van der Waals surface area (Å²) in [6.45, 7) is 0.585. The number of ether oxygens (including phenoxy) is 2. The monoisotopic (exact) mass is 388 g/mol. The summed E-state index contributed by atoms with van der Waals surface area (Å²) in [7, 11) is 0. The van der Waals surface area contributed by atoms with Gasteiger partial charge in [0.1, 0.15) is 18.5 Å². The summed E-state index contributed by atoms with van der Waals surface area (Å²) in [5.41, 5.74) is 5.92. The number of likely N-dealkylation sites (tertiary alicyclic amines) is 1. The van der Waals surface area contributed by atoms with Crippen LogP contribution in [0.4, 0.5) is 0 Å². The molecular weight excluding hydrogens is 366 g/mol. The number of nitrogens with zero attached hydrogens (tertiary/aromatic N) is 1. The Morgan fingerprint density at radius 2 is 2.04 bits per heavy atom. The third kappa shape index (κ3) is 4.86. The maximum Gasteiger partial charge on any atom is 0.310 e. The van der Waals surface area contributed by atoms with E-state index in [1.165, 1.54) is 4.90 Å². The van der Waals surface area contributed by atoms with Gasteiger partial charge in [0.25, 0.3) is 0 Å². The van der Waals surface area contributed by atoms with Gasteiger partial charge in [0.05, 0.1) is 13.0 Å². The molecule has 2 fully saturated rings. The van der Waals surface area contributed by atoms with Crippen LogP contribution in [0.15, 0.2) is 30.3 Å². The van der Waals surface area contributed by atoms with Gasteiger partial charge in [-0.05, 0) is 18.4 Å². The molecule has 0 aliphatic carbocycles. The number of hydrogen-bond donors (Lipinski definition) is 2. The van der Waals surface area contributed by atoms with Crippen molar-refractivity contribution in [2.24, 2.45) is 5.73 Å². The number of nitrogens with two attached hydrogens (primary N) is 1. The van der Waals surface area contributed by atoms with Gasteiger partial charge in [-0.3, -0.25) is 19.2 Å². The summed E-state index contributed by atoms with van der Waals surface area (Å²) in [6, 6.07) is 7.99. The van der Waals surface area contributed by atoms with Crippen LogP contribution in [0.2, 0.25) is 0 Å². The minimum absolute atomic E-state index is 0.0146. The maximum atomic E-state index is 12.7. The number of carbonyl (C=O) groups excluding carboxylic acids is 4. The van der Waals surface area contributed by atoms with Crippen LogP contribution in [0.5, 0.6) is 0 Å². The van der Waals surface area contributed by atoms with Crippen molar-refractivity contribution in [3.63, 3.8) is 0 Å². The highest BCUT2D eigenvalue weighted by atomic mass is 16.7. The first-order valence-corrected chi connectivity index (χ1v) is 9.04. The molecule has 3 amide bonds. The molecule has 0 aromatic heterocycles. The summed E-state index contributed by atoms with van der Waals surface area (Å²) >= 11 is 0. The fourth-order valence-electron chi connectivity index (χ4n) is 3.34. The molecule has 1 aromatic rings. The number of primary amides is 1. The quantitative estimate of drug-likeness (QED) is 0.485. The summed E-state index contributed by atoms with van der Waals surface area (Å²) < 4.78 is 10.8. The zero-order chi connectivity index (χ0) is 20.1. The number of benzene rings is 1. The molecule has 1 aromatic carbocycles. The second-order valence-corrected chi connectivity index (χ2v) is 6.71. The minimum atomic E-state index is -0.903. The van der Waals surface area contributed by atoms with Crippen LogP contribution in [0.25, 0.3) is 0 Å². The first-order valence-electron chi connectivity index (χ1n) is 9.04. The third-order valence-electron chi connectivity index (χ3n) is 4.65. The Hall–Kier alpha value is -2.94. The van der Waals surface area contributed by atoms with Gasteiger partial charge < -0.3 is 25.4 Å². The summed E-state index contributed by atoms with van der Waals surface area (Å²) in [5.74, 6) is -2.34. The van der Waals surface area contributed by atoms with E-state index in [4.69, 9.17) is 15.2 Å². The highest BCUT2D eigenvalue weighted by Crippen LogP contribution is 2.22. The molecule has 2 aliphatic heterocycles. The summed E-state index contributed by atoms with van der Waals surface area (Å²) in [5, 5.41) is 2.74. The lowest BCUT2D eigenvalue weighted by Crippen LogP contribution is -2.51. The van der Waals surface area contributed by atoms with Crippen molar-refractivity contribution in [3.8, 4) is 0 Å². The maximum absolute atomic E-state index is 12.7. The van der Waals surface area contributed by atoms with Crippen molar-refractivity contribution in [1.82, 2.24) is 10.2 Å². The minimum Gasteiger partial charge on any atom is -0.433 e. The Kier molecular flexibility index (Phi) is 6.25. The molecule has 9 nitrogen and oxygen atoms in total. The molecule has 0 bridgehead atoms. The molecule has 3 rings (SSSR count). The van der Waals surface area contributed by atoms with Gasteiger partial charge in [0, 0.05) is 6.54 Å². The van der Waals surface area contributed by atoms with Gasteiger partial charge in [-0.25, -0.2) is 0 Å². The lowest BCUT2D eigenvalue weighted by Gasteiger charge is -2.26. The largest absolute Gasteiger partial charge is 0.433 e. The molecule has 0 spiro atoms. The fourth-order valence-corrected chi connectivity index (χ4v) is 3.34. The van der Waals surface area contributed by atoms with E-state index in [0.29, 0.717) is 19.4 Å². The van der Waals surface area contributed by atoms with Crippen LogP contribution in [0.1, 0.15) is 24.8 Å². The Morgan fingerprint density at radius 3 is 2.75 bits per heavy atom. The number of carbonyl (C=O) groups is 4. The van der Waals surface area contributed by atoms with E-state index in [1.807, 2.05) is 30.3 Å². The molecule has 2 heterocycles. The first kappa shape index (κ1) is 19.8. The van der Waals surface area contributed by atoms with Gasteiger partial charge in [-0.15, -0.1) is 0 Å². The van der Waals surface area contributed by atoms with E-state index < -0.39 is 42.1 Å². The number of hydrogen-bond acceptors (Lipinski definition) is 6. The number of rotatable bonds is 7. The summed E-state index contributed by atoms with van der Waals surface area (Å²) in [4.78, 5) is 48.7. The van der Waals surface area contributed by atoms with E-state index in [0.717, 1.165) is 12.0 Å². The molecule has 2 aliphatic rings. The molecule has 1 radical (unpaired) electrons. The predicted octanol–water partition coefficient (Wildman–Crippen LogP) is -0.358. The first-order chi connectivity index (χ1) is 13.4. The Balaban J connectivity index is 1.58. The van der Waals surface area contributed by atoms with Crippen LogP contribution in [0.3, 0.4) is 0 Å². The Morgan fingerprint density at radius 1 is 1.29 bits per heavy atom. The normalized spacial score (nSPS) is 24.1. The van der Waals surface area contributed by atoms with Crippen molar-refractivity contribution in [2.75, 3.05) is 6.54 Å². The van der Waals surface area contributed by atoms with Crippen molar-refractivity contribution in [1.29, 1.82) is 0 Å². The van der Waals surface area contributed by atoms with Crippen molar-refractivity contribution in [3.05, 3.63) is 42.3 Å². The molecule has 3 unspecified atom stereocenters. The van der Waals surface area contributed by atoms with E-state index in [9.17, 15) is 19.2 Å². The van der Waals surface area contributed by atoms with Crippen LogP contribution in [-0.2, 0) is 35.3 Å². The number of nitrogens with one attached hydrogen (secondary N) is 1. The topological polar surface area (TPSA) is 128 Å². The third-order valence-corrected chi connectivity index (χ3v) is 4.65. The lowest BCUT2D eigenvalue weighted by molar-refractivity contribution is -0.168. The fraction of sp³-hybridized carbons (Fsp3) is 0.421. The highest BCUT2D eigenvalue weighted by molar-refractivity contribution is 6.08. The smallest absolute Gasteiger partial charge is 0.310 e. The van der Waals surface area contributed by atoms with Crippen molar-refractivity contribution < 1.29 is 28.7 Å². The van der Waals surface area contributed by atoms with E-state index >= 15 is 0 Å². The zero-order valence-corrected chi connectivity index (χ0v) is 15.2. The van der Waals surface area contributed by atoms with Crippen LogP contribution in [-0.4, -0.2) is 53.5 Å². The van der Waals surface area contributed by atoms with E-state index in [2.05, 4.69) is 5.32 Å². The SMILES string of the molecule is NC(=O)[CH]C(=O)N1CCCC1C(=O)NC1CC(=O)OC1OCc1ccccc1. The number of esters is 1. The second kappa shape index (κ2) is 8.83. The van der Waals surface area contributed by atoms with Gasteiger partial charge in [0.15, 0.2) is 0 Å². The lowest BCUT2D eigenvalue weighted by atomic mass is 10.1. The average Bonchev–Trinajstić information content (AvgIpc) is 3.27. The molecule has 3 N–H and O–H groups in total. The Bertz CT molecular complexity index is 753. The van der Waals surface area contributed by atoms with E-state index in [1.54, 1.807) is 0 Å². The molecule has 9 heteroatoms. The Labute approximate surface area is 162 Å². The van der Waals surface area contributed by atoms with Crippen LogP contribution < -0.4 is 11.1 Å². The van der Waals surface area contributed by atoms with Gasteiger partial charge >= 0.3 is 5.97 Å². The molecule has 0 saturated carbocycles. The van der Waals surface area contributed by atoms with Crippen molar-refractivity contribution in [2.45, 2.75) is 44.2 Å². The van der Waals surface area contributed by atoms with Gasteiger partial charge in [-0.2, -0.15) is 0 Å². The molecule has 2 saturated heterocycles. The number of cyclic esters (lactones) is 1. The highest BCUT2D eigenvalue weighted by Gasteiger charge is 2.40. The molecule has 149 valence electrons.